The van der Waals surface area contributed by atoms with Crippen molar-refractivity contribution in [1.82, 2.24) is 9.97 Å². The summed E-state index contributed by atoms with van der Waals surface area (Å²) in [5.41, 5.74) is 10.2. The summed E-state index contributed by atoms with van der Waals surface area (Å²) in [7, 11) is 0. The van der Waals surface area contributed by atoms with Gasteiger partial charge in [0, 0.05) is 23.4 Å². The number of rotatable bonds is 1. The highest BCUT2D eigenvalue weighted by Crippen LogP contribution is 2.28. The fourth-order valence-corrected chi connectivity index (χ4v) is 2.27. The van der Waals surface area contributed by atoms with Crippen molar-refractivity contribution in [2.24, 2.45) is 0 Å². The van der Waals surface area contributed by atoms with Crippen LogP contribution in [0, 0.1) is 25.5 Å². The normalized spacial score (nSPS) is 11.2. The van der Waals surface area contributed by atoms with Gasteiger partial charge in [0.15, 0.2) is 11.6 Å². The predicted molar refractivity (Wildman–Crippen MR) is 75.3 cm³/mol. The van der Waals surface area contributed by atoms with E-state index in [1.807, 2.05) is 19.9 Å². The van der Waals surface area contributed by atoms with E-state index in [-0.39, 0.29) is 0 Å². The van der Waals surface area contributed by atoms with Crippen LogP contribution in [-0.2, 0) is 0 Å². The van der Waals surface area contributed by atoms with Crippen LogP contribution < -0.4 is 5.73 Å². The van der Waals surface area contributed by atoms with Crippen molar-refractivity contribution >= 4 is 16.7 Å². The van der Waals surface area contributed by atoms with Gasteiger partial charge in [0.05, 0.1) is 11.0 Å². The number of benzene rings is 2. The molecular weight excluding hydrogens is 260 g/mol. The van der Waals surface area contributed by atoms with Gasteiger partial charge in [-0.15, -0.1) is 0 Å². The molecule has 20 heavy (non-hydrogen) atoms. The smallest absolute Gasteiger partial charge is 0.161 e. The van der Waals surface area contributed by atoms with E-state index in [2.05, 4.69) is 9.97 Å². The molecule has 3 rings (SSSR count). The van der Waals surface area contributed by atoms with Crippen molar-refractivity contribution in [3.8, 4) is 11.4 Å². The number of nitrogens with zero attached hydrogens (tertiary/aromatic N) is 1. The summed E-state index contributed by atoms with van der Waals surface area (Å²) in [4.78, 5) is 7.31. The average Bonchev–Trinajstić information content (AvgIpc) is 2.77. The molecule has 3 N–H and O–H groups in total. The van der Waals surface area contributed by atoms with Crippen molar-refractivity contribution in [3.63, 3.8) is 0 Å². The Morgan fingerprint density at radius 2 is 1.75 bits per heavy atom. The SMILES string of the molecule is Cc1cc(N)cc(-c2nc3cc(F)c(F)cc3[nH]2)c1C. The molecule has 102 valence electrons. The number of fused-ring (bicyclic) bond motifs is 1. The second-order valence-electron chi connectivity index (χ2n) is 4.88. The zero-order valence-corrected chi connectivity index (χ0v) is 11.1. The molecule has 0 atom stereocenters. The number of hydrogen-bond acceptors (Lipinski definition) is 2. The Hall–Kier alpha value is -2.43. The van der Waals surface area contributed by atoms with E-state index >= 15 is 0 Å². The van der Waals surface area contributed by atoms with Gasteiger partial charge in [-0.25, -0.2) is 13.8 Å². The summed E-state index contributed by atoms with van der Waals surface area (Å²) in [6.07, 6.45) is 0. The molecule has 0 saturated heterocycles. The molecule has 1 heterocycles. The highest BCUT2D eigenvalue weighted by atomic mass is 19.2. The topological polar surface area (TPSA) is 54.7 Å². The number of aromatic amines is 1. The van der Waals surface area contributed by atoms with Crippen LogP contribution in [0.15, 0.2) is 24.3 Å². The molecule has 0 saturated carbocycles. The summed E-state index contributed by atoms with van der Waals surface area (Å²) in [5, 5.41) is 0. The maximum Gasteiger partial charge on any atom is 0.161 e. The lowest BCUT2D eigenvalue weighted by Crippen LogP contribution is -1.93. The van der Waals surface area contributed by atoms with E-state index in [9.17, 15) is 8.78 Å². The van der Waals surface area contributed by atoms with Gasteiger partial charge >= 0.3 is 0 Å². The van der Waals surface area contributed by atoms with Crippen LogP contribution in [0.4, 0.5) is 14.5 Å². The molecule has 0 fully saturated rings. The Bertz CT molecular complexity index is 783. The highest BCUT2D eigenvalue weighted by molar-refractivity contribution is 5.81. The van der Waals surface area contributed by atoms with Crippen LogP contribution in [0.5, 0.6) is 0 Å². The first kappa shape index (κ1) is 12.6. The zero-order valence-electron chi connectivity index (χ0n) is 11.1. The number of imidazole rings is 1. The molecule has 3 nitrogen and oxygen atoms in total. The minimum Gasteiger partial charge on any atom is -0.399 e. The fourth-order valence-electron chi connectivity index (χ4n) is 2.27. The third-order valence-electron chi connectivity index (χ3n) is 3.47. The van der Waals surface area contributed by atoms with Gasteiger partial charge < -0.3 is 10.7 Å². The molecular formula is C15H13F2N3. The summed E-state index contributed by atoms with van der Waals surface area (Å²) < 4.78 is 26.4. The molecule has 0 aliphatic rings. The van der Waals surface area contributed by atoms with E-state index in [1.54, 1.807) is 6.07 Å². The maximum absolute atomic E-state index is 13.2. The third kappa shape index (κ3) is 1.91. The molecule has 3 aromatic rings. The zero-order chi connectivity index (χ0) is 14.4. The van der Waals surface area contributed by atoms with Crippen LogP contribution in [0.1, 0.15) is 11.1 Å². The molecule has 0 amide bonds. The lowest BCUT2D eigenvalue weighted by molar-refractivity contribution is 0.510. The minimum atomic E-state index is -0.906. The predicted octanol–water partition coefficient (Wildman–Crippen LogP) is 3.71. The Balaban J connectivity index is 2.25. The van der Waals surface area contributed by atoms with Crippen molar-refractivity contribution in [1.29, 1.82) is 0 Å². The lowest BCUT2D eigenvalue weighted by Gasteiger charge is -2.07. The van der Waals surface area contributed by atoms with Crippen LogP contribution in [0.2, 0.25) is 0 Å². The Morgan fingerprint density at radius 1 is 1.05 bits per heavy atom. The molecule has 0 spiro atoms. The molecule has 0 aliphatic carbocycles. The van der Waals surface area contributed by atoms with Crippen LogP contribution in [-0.4, -0.2) is 9.97 Å². The van der Waals surface area contributed by atoms with Crippen molar-refractivity contribution in [3.05, 3.63) is 47.0 Å². The first-order valence-corrected chi connectivity index (χ1v) is 6.17. The van der Waals surface area contributed by atoms with Gasteiger partial charge in [0.25, 0.3) is 0 Å². The molecule has 0 radical (unpaired) electrons. The van der Waals surface area contributed by atoms with Crippen LogP contribution in [0.3, 0.4) is 0 Å². The van der Waals surface area contributed by atoms with Gasteiger partial charge in [-0.1, -0.05) is 0 Å². The lowest BCUT2D eigenvalue weighted by atomic mass is 10.0. The second-order valence-corrected chi connectivity index (χ2v) is 4.88. The molecule has 0 bridgehead atoms. The second kappa shape index (κ2) is 4.30. The van der Waals surface area contributed by atoms with Crippen molar-refractivity contribution < 1.29 is 8.78 Å². The number of halogens is 2. The molecule has 0 unspecified atom stereocenters. The van der Waals surface area contributed by atoms with E-state index in [1.165, 1.54) is 0 Å². The molecule has 1 aromatic heterocycles. The quantitative estimate of drug-likeness (QED) is 0.664. The summed E-state index contributed by atoms with van der Waals surface area (Å²) in [6, 6.07) is 5.86. The van der Waals surface area contributed by atoms with Gasteiger partial charge in [-0.3, -0.25) is 0 Å². The first-order valence-electron chi connectivity index (χ1n) is 6.17. The maximum atomic E-state index is 13.2. The standard InChI is InChI=1S/C15H13F2N3/c1-7-3-9(18)4-10(8(7)2)15-19-13-5-11(16)12(17)6-14(13)20-15/h3-6H,18H2,1-2H3,(H,19,20). The number of nitrogens with two attached hydrogens (primary N) is 1. The number of aromatic nitrogens is 2. The third-order valence-corrected chi connectivity index (χ3v) is 3.47. The minimum absolute atomic E-state index is 0.387. The van der Waals surface area contributed by atoms with E-state index in [4.69, 9.17) is 5.73 Å². The number of nitrogens with one attached hydrogen (secondary N) is 1. The van der Waals surface area contributed by atoms with Gasteiger partial charge in [-0.2, -0.15) is 0 Å². The largest absolute Gasteiger partial charge is 0.399 e. The number of nitrogen functional groups attached to an aromatic ring is 1. The summed E-state index contributed by atoms with van der Waals surface area (Å²) in [6.45, 7) is 3.91. The Morgan fingerprint density at radius 3 is 2.50 bits per heavy atom. The Kier molecular flexibility index (Phi) is 2.71. The van der Waals surface area contributed by atoms with Crippen molar-refractivity contribution in [2.45, 2.75) is 13.8 Å². The van der Waals surface area contributed by atoms with Crippen molar-refractivity contribution in [2.75, 3.05) is 5.73 Å². The van der Waals surface area contributed by atoms with E-state index < -0.39 is 11.6 Å². The summed E-state index contributed by atoms with van der Waals surface area (Å²) in [5.74, 6) is -1.25. The number of anilines is 1. The van der Waals surface area contributed by atoms with E-state index in [0.29, 0.717) is 22.5 Å². The highest BCUT2D eigenvalue weighted by Gasteiger charge is 2.12. The number of H-pyrrole nitrogens is 1. The summed E-state index contributed by atoms with van der Waals surface area (Å²) >= 11 is 0. The van der Waals surface area contributed by atoms with Gasteiger partial charge in [-0.05, 0) is 37.1 Å². The number of aryl methyl sites for hydroxylation is 1. The average molecular weight is 273 g/mol. The number of hydrogen-bond donors (Lipinski definition) is 2. The molecule has 2 aromatic carbocycles. The molecule has 0 aliphatic heterocycles. The fraction of sp³-hybridized carbons (Fsp3) is 0.133. The first-order chi connectivity index (χ1) is 9.45. The van der Waals surface area contributed by atoms with E-state index in [0.717, 1.165) is 28.8 Å². The van der Waals surface area contributed by atoms with Gasteiger partial charge in [0.2, 0.25) is 0 Å². The Labute approximate surface area is 114 Å². The van der Waals surface area contributed by atoms with Crippen LogP contribution in [0.25, 0.3) is 22.4 Å². The molecule has 5 heteroatoms. The monoisotopic (exact) mass is 273 g/mol. The van der Waals surface area contributed by atoms with Gasteiger partial charge in [0.1, 0.15) is 5.82 Å². The van der Waals surface area contributed by atoms with Crippen LogP contribution >= 0.6 is 0 Å².